The van der Waals surface area contributed by atoms with Crippen LogP contribution in [0.25, 0.3) is 11.6 Å². The fraction of sp³-hybridized carbons (Fsp3) is 0.150. The van der Waals surface area contributed by atoms with Crippen LogP contribution in [0, 0.1) is 0 Å². The number of hydrogen-bond acceptors (Lipinski definition) is 5. The SMILES string of the molecule is COC(=O)/C(=C/c1ccccc1Br)c1ccc(NC(C)=O)cc1C(=O)OC. The van der Waals surface area contributed by atoms with E-state index in [9.17, 15) is 14.4 Å². The van der Waals surface area contributed by atoms with E-state index in [-0.39, 0.29) is 17.0 Å². The summed E-state index contributed by atoms with van der Waals surface area (Å²) in [4.78, 5) is 36.0. The van der Waals surface area contributed by atoms with E-state index in [2.05, 4.69) is 21.2 Å². The summed E-state index contributed by atoms with van der Waals surface area (Å²) in [6, 6.07) is 11.9. The molecule has 0 fully saturated rings. The van der Waals surface area contributed by atoms with Crippen LogP contribution in [0.3, 0.4) is 0 Å². The zero-order chi connectivity index (χ0) is 20.0. The number of ether oxygens (including phenoxy) is 2. The van der Waals surface area contributed by atoms with Gasteiger partial charge in [-0.2, -0.15) is 0 Å². The molecule has 2 rings (SSSR count). The summed E-state index contributed by atoms with van der Waals surface area (Å²) >= 11 is 3.43. The van der Waals surface area contributed by atoms with Crippen molar-refractivity contribution in [2.75, 3.05) is 19.5 Å². The average Bonchev–Trinajstić information content (AvgIpc) is 2.66. The third kappa shape index (κ3) is 5.04. The van der Waals surface area contributed by atoms with Gasteiger partial charge in [0.25, 0.3) is 0 Å². The van der Waals surface area contributed by atoms with Gasteiger partial charge in [-0.25, -0.2) is 9.59 Å². The van der Waals surface area contributed by atoms with Crippen molar-refractivity contribution in [1.82, 2.24) is 0 Å². The molecule has 6 nitrogen and oxygen atoms in total. The standard InChI is InChI=1S/C20H18BrNO5/c1-12(23)22-14-8-9-15(17(11-14)20(25)27-3)16(19(24)26-2)10-13-6-4-5-7-18(13)21/h4-11H,1-3H3,(H,22,23)/b16-10+. The first kappa shape index (κ1) is 20.4. The largest absolute Gasteiger partial charge is 0.465 e. The van der Waals surface area contributed by atoms with Crippen molar-refractivity contribution in [3.63, 3.8) is 0 Å². The molecule has 1 amide bonds. The van der Waals surface area contributed by atoms with E-state index in [1.165, 1.54) is 27.2 Å². The number of methoxy groups -OCH3 is 2. The van der Waals surface area contributed by atoms with Crippen LogP contribution in [-0.2, 0) is 19.1 Å². The molecule has 0 saturated heterocycles. The van der Waals surface area contributed by atoms with Crippen LogP contribution >= 0.6 is 15.9 Å². The highest BCUT2D eigenvalue weighted by Crippen LogP contribution is 2.29. The maximum Gasteiger partial charge on any atom is 0.338 e. The van der Waals surface area contributed by atoms with Gasteiger partial charge in [-0.15, -0.1) is 0 Å². The van der Waals surface area contributed by atoms with Crippen LogP contribution in [0.15, 0.2) is 46.9 Å². The highest BCUT2D eigenvalue weighted by atomic mass is 79.9. The van der Waals surface area contributed by atoms with Crippen molar-refractivity contribution in [2.24, 2.45) is 0 Å². The molecule has 1 N–H and O–H groups in total. The number of carbonyl (C=O) groups excluding carboxylic acids is 3. The van der Waals surface area contributed by atoms with Gasteiger partial charge in [-0.05, 0) is 29.8 Å². The van der Waals surface area contributed by atoms with Crippen LogP contribution in [0.4, 0.5) is 5.69 Å². The van der Waals surface area contributed by atoms with E-state index in [0.717, 1.165) is 10.0 Å². The minimum atomic E-state index is -0.640. The van der Waals surface area contributed by atoms with Gasteiger partial charge in [0.1, 0.15) is 0 Å². The Hall–Kier alpha value is -2.93. The lowest BCUT2D eigenvalue weighted by Crippen LogP contribution is -2.13. The molecule has 2 aromatic rings. The molecule has 0 spiro atoms. The Bertz CT molecular complexity index is 920. The number of carbonyl (C=O) groups is 3. The maximum atomic E-state index is 12.4. The van der Waals surface area contributed by atoms with Gasteiger partial charge in [0.2, 0.25) is 5.91 Å². The smallest absolute Gasteiger partial charge is 0.338 e. The molecule has 0 atom stereocenters. The Morgan fingerprint density at radius 3 is 2.30 bits per heavy atom. The molecule has 27 heavy (non-hydrogen) atoms. The Morgan fingerprint density at radius 1 is 1.00 bits per heavy atom. The molecule has 7 heteroatoms. The topological polar surface area (TPSA) is 81.7 Å². The molecule has 0 aliphatic heterocycles. The van der Waals surface area contributed by atoms with E-state index in [1.54, 1.807) is 18.2 Å². The lowest BCUT2D eigenvalue weighted by atomic mass is 9.96. The summed E-state index contributed by atoms with van der Waals surface area (Å²) in [6.45, 7) is 1.36. The summed E-state index contributed by atoms with van der Waals surface area (Å²) in [5, 5.41) is 2.60. The molecule has 0 saturated carbocycles. The predicted molar refractivity (Wildman–Crippen MR) is 106 cm³/mol. The van der Waals surface area contributed by atoms with Crippen LogP contribution in [0.2, 0.25) is 0 Å². The highest BCUT2D eigenvalue weighted by Gasteiger charge is 2.21. The van der Waals surface area contributed by atoms with E-state index in [0.29, 0.717) is 11.3 Å². The average molecular weight is 432 g/mol. The van der Waals surface area contributed by atoms with Crippen LogP contribution in [0.1, 0.15) is 28.4 Å². The minimum Gasteiger partial charge on any atom is -0.465 e. The van der Waals surface area contributed by atoms with Gasteiger partial charge in [-0.3, -0.25) is 4.79 Å². The van der Waals surface area contributed by atoms with Gasteiger partial charge in [-0.1, -0.05) is 40.2 Å². The van der Waals surface area contributed by atoms with E-state index >= 15 is 0 Å². The number of amides is 1. The van der Waals surface area contributed by atoms with Gasteiger partial charge < -0.3 is 14.8 Å². The second kappa shape index (κ2) is 9.14. The Morgan fingerprint density at radius 2 is 1.70 bits per heavy atom. The molecular weight excluding hydrogens is 414 g/mol. The second-order valence-corrected chi connectivity index (χ2v) is 6.36. The zero-order valence-electron chi connectivity index (χ0n) is 15.0. The zero-order valence-corrected chi connectivity index (χ0v) is 16.6. The van der Waals surface area contributed by atoms with E-state index in [1.807, 2.05) is 24.3 Å². The monoisotopic (exact) mass is 431 g/mol. The number of anilines is 1. The fourth-order valence-electron chi connectivity index (χ4n) is 2.44. The molecule has 0 radical (unpaired) electrons. The van der Waals surface area contributed by atoms with Crippen molar-refractivity contribution in [2.45, 2.75) is 6.92 Å². The molecule has 0 unspecified atom stereocenters. The maximum absolute atomic E-state index is 12.4. The Labute approximate surface area is 165 Å². The van der Waals surface area contributed by atoms with E-state index < -0.39 is 11.9 Å². The predicted octanol–water partition coefficient (Wildman–Crippen LogP) is 3.91. The van der Waals surface area contributed by atoms with Gasteiger partial charge in [0, 0.05) is 22.6 Å². The summed E-state index contributed by atoms with van der Waals surface area (Å²) in [5.74, 6) is -1.53. The molecular formula is C20H18BrNO5. The molecule has 0 aromatic heterocycles. The molecule has 0 aliphatic rings. The molecule has 140 valence electrons. The van der Waals surface area contributed by atoms with Gasteiger partial charge in [0.05, 0.1) is 25.4 Å². The highest BCUT2D eigenvalue weighted by molar-refractivity contribution is 9.10. The first-order chi connectivity index (χ1) is 12.9. The lowest BCUT2D eigenvalue weighted by molar-refractivity contribution is -0.133. The van der Waals surface area contributed by atoms with Crippen molar-refractivity contribution in [1.29, 1.82) is 0 Å². The van der Waals surface area contributed by atoms with Crippen molar-refractivity contribution < 1.29 is 23.9 Å². The summed E-state index contributed by atoms with van der Waals surface area (Å²) in [6.07, 6.45) is 1.62. The van der Waals surface area contributed by atoms with E-state index in [4.69, 9.17) is 9.47 Å². The van der Waals surface area contributed by atoms with Gasteiger partial charge in [0.15, 0.2) is 0 Å². The number of hydrogen-bond donors (Lipinski definition) is 1. The van der Waals surface area contributed by atoms with Crippen LogP contribution in [-0.4, -0.2) is 32.1 Å². The number of halogens is 1. The first-order valence-electron chi connectivity index (χ1n) is 7.92. The molecule has 0 bridgehead atoms. The quantitative estimate of drug-likeness (QED) is 0.440. The number of benzene rings is 2. The third-order valence-electron chi connectivity index (χ3n) is 3.65. The number of esters is 2. The van der Waals surface area contributed by atoms with Crippen molar-refractivity contribution >= 4 is 51.1 Å². The second-order valence-electron chi connectivity index (χ2n) is 5.50. The molecule has 2 aromatic carbocycles. The normalized spacial score (nSPS) is 10.9. The Kier molecular flexibility index (Phi) is 6.90. The minimum absolute atomic E-state index is 0.132. The van der Waals surface area contributed by atoms with Crippen LogP contribution < -0.4 is 5.32 Å². The van der Waals surface area contributed by atoms with Crippen LogP contribution in [0.5, 0.6) is 0 Å². The summed E-state index contributed by atoms with van der Waals surface area (Å²) < 4.78 is 10.5. The van der Waals surface area contributed by atoms with Gasteiger partial charge >= 0.3 is 11.9 Å². The molecule has 0 heterocycles. The first-order valence-corrected chi connectivity index (χ1v) is 8.71. The fourth-order valence-corrected chi connectivity index (χ4v) is 2.84. The Balaban J connectivity index is 2.68. The molecule has 0 aliphatic carbocycles. The summed E-state index contributed by atoms with van der Waals surface area (Å²) in [7, 11) is 2.51. The van der Waals surface area contributed by atoms with Crippen molar-refractivity contribution in [3.8, 4) is 0 Å². The lowest BCUT2D eigenvalue weighted by Gasteiger charge is -2.13. The van der Waals surface area contributed by atoms with Crippen molar-refractivity contribution in [3.05, 3.63) is 63.6 Å². The number of nitrogens with one attached hydrogen (secondary N) is 1. The third-order valence-corrected chi connectivity index (χ3v) is 4.37. The number of rotatable bonds is 5. The summed E-state index contributed by atoms with van der Waals surface area (Å²) in [5.41, 5.74) is 1.79.